The standard InChI is InChI=1S/C21H28N4O/c1-15-17(14-24(3)22-15)21(26)25-18-11-7-8-12-23(2)20(18)13-19(25)16-9-5-4-6-10-16/h4-6,9-10,14,18-20H,7-8,11-13H2,1-3H3/t18-,19-,20+/m1/s1. The van der Waals surface area contributed by atoms with E-state index in [0.29, 0.717) is 6.04 Å². The van der Waals surface area contributed by atoms with E-state index in [0.717, 1.165) is 30.6 Å². The van der Waals surface area contributed by atoms with E-state index in [1.165, 1.54) is 18.4 Å². The monoisotopic (exact) mass is 352 g/mol. The van der Waals surface area contributed by atoms with Crippen LogP contribution < -0.4 is 0 Å². The van der Waals surface area contributed by atoms with Crippen molar-refractivity contribution in [2.75, 3.05) is 13.6 Å². The van der Waals surface area contributed by atoms with E-state index < -0.39 is 0 Å². The van der Waals surface area contributed by atoms with Crippen LogP contribution in [0, 0.1) is 6.92 Å². The number of likely N-dealkylation sites (N-methyl/N-ethyl adjacent to an activating group) is 1. The summed E-state index contributed by atoms with van der Waals surface area (Å²) in [5, 5.41) is 4.40. The van der Waals surface area contributed by atoms with Crippen LogP contribution in [0.3, 0.4) is 0 Å². The van der Waals surface area contributed by atoms with Crippen molar-refractivity contribution >= 4 is 5.91 Å². The highest BCUT2D eigenvalue weighted by atomic mass is 16.2. The summed E-state index contributed by atoms with van der Waals surface area (Å²) in [5.74, 6) is 0.132. The molecule has 3 atom stereocenters. The molecule has 1 aromatic carbocycles. The van der Waals surface area contributed by atoms with Crippen molar-refractivity contribution < 1.29 is 4.79 Å². The highest BCUT2D eigenvalue weighted by molar-refractivity contribution is 5.95. The van der Waals surface area contributed by atoms with E-state index in [1.54, 1.807) is 4.68 Å². The number of fused-ring (bicyclic) bond motifs is 1. The maximum absolute atomic E-state index is 13.6. The van der Waals surface area contributed by atoms with E-state index in [1.807, 2.05) is 26.2 Å². The van der Waals surface area contributed by atoms with Gasteiger partial charge in [-0.3, -0.25) is 9.48 Å². The van der Waals surface area contributed by atoms with Crippen molar-refractivity contribution in [3.8, 4) is 0 Å². The SMILES string of the molecule is Cc1nn(C)cc1C(=O)N1[C@@H](c2ccccc2)C[C@H]2[C@H]1CCCCN2C. The van der Waals surface area contributed by atoms with Gasteiger partial charge in [0.15, 0.2) is 0 Å². The second kappa shape index (κ2) is 6.88. The van der Waals surface area contributed by atoms with Gasteiger partial charge in [-0.25, -0.2) is 0 Å². The van der Waals surface area contributed by atoms with Gasteiger partial charge in [0.25, 0.3) is 5.91 Å². The second-order valence-corrected chi connectivity index (χ2v) is 7.79. The zero-order valence-corrected chi connectivity index (χ0v) is 15.9. The molecule has 4 rings (SSSR count). The van der Waals surface area contributed by atoms with Crippen LogP contribution in [0.4, 0.5) is 0 Å². The summed E-state index contributed by atoms with van der Waals surface area (Å²) in [6.07, 6.45) is 6.36. The van der Waals surface area contributed by atoms with Gasteiger partial charge in [-0.2, -0.15) is 5.10 Å². The largest absolute Gasteiger partial charge is 0.327 e. The minimum atomic E-state index is 0.132. The minimum Gasteiger partial charge on any atom is -0.327 e. The first-order valence-corrected chi connectivity index (χ1v) is 9.64. The lowest BCUT2D eigenvalue weighted by Crippen LogP contribution is -2.44. The molecule has 2 aliphatic heterocycles. The Morgan fingerprint density at radius 3 is 2.58 bits per heavy atom. The first kappa shape index (κ1) is 17.3. The lowest BCUT2D eigenvalue weighted by atomic mass is 10.0. The van der Waals surface area contributed by atoms with Crippen molar-refractivity contribution in [2.45, 2.75) is 50.7 Å². The molecule has 3 heterocycles. The van der Waals surface area contributed by atoms with Crippen LogP contribution in [-0.2, 0) is 7.05 Å². The van der Waals surface area contributed by atoms with Crippen LogP contribution in [0.5, 0.6) is 0 Å². The molecule has 2 aromatic rings. The Morgan fingerprint density at radius 2 is 1.88 bits per heavy atom. The minimum absolute atomic E-state index is 0.132. The van der Waals surface area contributed by atoms with Crippen molar-refractivity contribution in [1.29, 1.82) is 0 Å². The molecule has 0 radical (unpaired) electrons. The van der Waals surface area contributed by atoms with Gasteiger partial charge in [-0.05, 0) is 45.3 Å². The molecule has 0 bridgehead atoms. The average Bonchev–Trinajstić information content (AvgIpc) is 3.13. The number of benzene rings is 1. The first-order chi connectivity index (χ1) is 12.6. The van der Waals surface area contributed by atoms with Crippen LogP contribution in [0.15, 0.2) is 36.5 Å². The molecule has 0 unspecified atom stereocenters. The van der Waals surface area contributed by atoms with E-state index in [9.17, 15) is 4.79 Å². The lowest BCUT2D eigenvalue weighted by Gasteiger charge is -2.32. The quantitative estimate of drug-likeness (QED) is 0.834. The molecule has 0 spiro atoms. The molecule has 1 aromatic heterocycles. The molecule has 5 nitrogen and oxygen atoms in total. The lowest BCUT2D eigenvalue weighted by molar-refractivity contribution is 0.0631. The molecule has 0 N–H and O–H groups in total. The van der Waals surface area contributed by atoms with Crippen molar-refractivity contribution in [3.05, 3.63) is 53.3 Å². The van der Waals surface area contributed by atoms with Crippen LogP contribution in [0.1, 0.15) is 53.3 Å². The van der Waals surface area contributed by atoms with E-state index >= 15 is 0 Å². The highest BCUT2D eigenvalue weighted by Gasteiger charge is 2.46. The maximum Gasteiger partial charge on any atom is 0.258 e. The summed E-state index contributed by atoms with van der Waals surface area (Å²) in [6.45, 7) is 3.05. The third-order valence-electron chi connectivity index (χ3n) is 6.09. The number of rotatable bonds is 2. The molecular formula is C21H28N4O. The Hall–Kier alpha value is -2.14. The molecule has 2 fully saturated rings. The predicted octanol–water partition coefficient (Wildman–Crippen LogP) is 3.17. The maximum atomic E-state index is 13.6. The second-order valence-electron chi connectivity index (χ2n) is 7.79. The summed E-state index contributed by atoms with van der Waals surface area (Å²) < 4.78 is 1.74. The summed E-state index contributed by atoms with van der Waals surface area (Å²) in [6, 6.07) is 11.4. The summed E-state index contributed by atoms with van der Waals surface area (Å²) in [5.41, 5.74) is 2.79. The Labute approximate surface area is 155 Å². The van der Waals surface area contributed by atoms with Gasteiger partial charge in [0, 0.05) is 25.3 Å². The molecule has 1 amide bonds. The topological polar surface area (TPSA) is 41.4 Å². The summed E-state index contributed by atoms with van der Waals surface area (Å²) >= 11 is 0. The summed E-state index contributed by atoms with van der Waals surface area (Å²) in [4.78, 5) is 18.2. The van der Waals surface area contributed by atoms with Crippen LogP contribution in [0.2, 0.25) is 0 Å². The van der Waals surface area contributed by atoms with Crippen molar-refractivity contribution in [3.63, 3.8) is 0 Å². The number of likely N-dealkylation sites (tertiary alicyclic amines) is 2. The fourth-order valence-corrected chi connectivity index (χ4v) is 4.81. The zero-order chi connectivity index (χ0) is 18.3. The van der Waals surface area contributed by atoms with Crippen molar-refractivity contribution in [1.82, 2.24) is 19.6 Å². The Morgan fingerprint density at radius 1 is 1.12 bits per heavy atom. The third kappa shape index (κ3) is 2.94. The molecule has 2 aliphatic rings. The van der Waals surface area contributed by atoms with Gasteiger partial charge in [0.1, 0.15) is 0 Å². The Kier molecular flexibility index (Phi) is 4.57. The number of carbonyl (C=O) groups is 1. The predicted molar refractivity (Wildman–Crippen MR) is 102 cm³/mol. The van der Waals surface area contributed by atoms with E-state index in [-0.39, 0.29) is 18.0 Å². The van der Waals surface area contributed by atoms with Gasteiger partial charge >= 0.3 is 0 Å². The van der Waals surface area contributed by atoms with Crippen LogP contribution >= 0.6 is 0 Å². The third-order valence-corrected chi connectivity index (χ3v) is 6.09. The number of carbonyl (C=O) groups excluding carboxylic acids is 1. The molecule has 5 heteroatoms. The number of aromatic nitrogens is 2. The zero-order valence-electron chi connectivity index (χ0n) is 15.9. The molecule has 2 saturated heterocycles. The van der Waals surface area contributed by atoms with E-state index in [2.05, 4.69) is 46.2 Å². The first-order valence-electron chi connectivity index (χ1n) is 9.64. The number of amides is 1. The van der Waals surface area contributed by atoms with Gasteiger partial charge < -0.3 is 9.80 Å². The Balaban J connectivity index is 1.75. The van der Waals surface area contributed by atoms with Gasteiger partial charge in [-0.1, -0.05) is 36.8 Å². The van der Waals surface area contributed by atoms with Crippen LogP contribution in [-0.4, -0.2) is 51.2 Å². The molecule has 0 aliphatic carbocycles. The molecule has 138 valence electrons. The Bertz CT molecular complexity index is 785. The van der Waals surface area contributed by atoms with Gasteiger partial charge in [-0.15, -0.1) is 0 Å². The normalized spacial score (nSPS) is 26.6. The smallest absolute Gasteiger partial charge is 0.258 e. The summed E-state index contributed by atoms with van der Waals surface area (Å²) in [7, 11) is 4.10. The van der Waals surface area contributed by atoms with Crippen LogP contribution in [0.25, 0.3) is 0 Å². The molecular weight excluding hydrogens is 324 g/mol. The molecule has 0 saturated carbocycles. The molecule has 26 heavy (non-hydrogen) atoms. The van der Waals surface area contributed by atoms with Gasteiger partial charge in [0.05, 0.1) is 17.3 Å². The number of hydrogen-bond donors (Lipinski definition) is 0. The number of aryl methyl sites for hydroxylation is 2. The van der Waals surface area contributed by atoms with Gasteiger partial charge in [0.2, 0.25) is 0 Å². The van der Waals surface area contributed by atoms with E-state index in [4.69, 9.17) is 0 Å². The van der Waals surface area contributed by atoms with Crippen molar-refractivity contribution in [2.24, 2.45) is 7.05 Å². The fraction of sp³-hybridized carbons (Fsp3) is 0.524. The average molecular weight is 352 g/mol. The number of hydrogen-bond acceptors (Lipinski definition) is 3. The number of nitrogens with zero attached hydrogens (tertiary/aromatic N) is 4. The fourth-order valence-electron chi connectivity index (χ4n) is 4.81. The highest BCUT2D eigenvalue weighted by Crippen LogP contribution is 2.42.